The van der Waals surface area contributed by atoms with Gasteiger partial charge in [-0.3, -0.25) is 4.79 Å². The molecule has 3 heteroatoms. The van der Waals surface area contributed by atoms with E-state index in [4.69, 9.17) is 0 Å². The maximum absolute atomic E-state index is 13.3. The Labute approximate surface area is 122 Å². The van der Waals surface area contributed by atoms with E-state index >= 15 is 0 Å². The Balaban J connectivity index is 1.87. The molecule has 1 atom stereocenters. The summed E-state index contributed by atoms with van der Waals surface area (Å²) in [6.07, 6.45) is 2.95. The molecule has 0 spiro atoms. The molecule has 0 aromatic heterocycles. The van der Waals surface area contributed by atoms with Crippen LogP contribution in [0.3, 0.4) is 0 Å². The number of halogens is 2. The molecule has 0 N–H and O–H groups in total. The van der Waals surface area contributed by atoms with Gasteiger partial charge in [0.15, 0.2) is 5.78 Å². The summed E-state index contributed by atoms with van der Waals surface area (Å²) in [5, 5.41) is 0. The van der Waals surface area contributed by atoms with Gasteiger partial charge in [-0.1, -0.05) is 24.3 Å². The molecule has 2 aromatic rings. The summed E-state index contributed by atoms with van der Waals surface area (Å²) < 4.78 is 26.5. The Kier molecular flexibility index (Phi) is 3.82. The predicted molar refractivity (Wildman–Crippen MR) is 77.3 cm³/mol. The van der Waals surface area contributed by atoms with Crippen molar-refractivity contribution < 1.29 is 13.6 Å². The summed E-state index contributed by atoms with van der Waals surface area (Å²) in [6, 6.07) is 11.1. The Bertz CT molecular complexity index is 658. The van der Waals surface area contributed by atoms with Crippen molar-refractivity contribution in [3.63, 3.8) is 0 Å². The number of aryl methyl sites for hydroxylation is 1. The molecule has 0 saturated carbocycles. The molecular weight excluding hydrogens is 270 g/mol. The third-order valence-corrected chi connectivity index (χ3v) is 4.06. The largest absolute Gasteiger partial charge is 0.294 e. The van der Waals surface area contributed by atoms with E-state index in [1.165, 1.54) is 12.1 Å². The molecule has 0 saturated heterocycles. The number of benzene rings is 2. The lowest BCUT2D eigenvalue weighted by atomic mass is 9.89. The van der Waals surface area contributed by atoms with Gasteiger partial charge in [-0.2, -0.15) is 0 Å². The molecule has 108 valence electrons. The minimum absolute atomic E-state index is 0.0905. The van der Waals surface area contributed by atoms with Gasteiger partial charge in [0.05, 0.1) is 0 Å². The van der Waals surface area contributed by atoms with Crippen LogP contribution in [0.5, 0.6) is 0 Å². The number of rotatable bonds is 2. The third-order valence-electron chi connectivity index (χ3n) is 4.06. The first-order chi connectivity index (χ1) is 10.1. The lowest BCUT2D eigenvalue weighted by Gasteiger charge is -2.14. The number of Topliss-reactive ketones (excluding diaryl/α,β-unsaturated/α-hetero) is 1. The van der Waals surface area contributed by atoms with Crippen LogP contribution in [0.25, 0.3) is 0 Å². The minimum Gasteiger partial charge on any atom is -0.294 e. The van der Waals surface area contributed by atoms with Crippen molar-refractivity contribution in [1.29, 1.82) is 0 Å². The highest BCUT2D eigenvalue weighted by Crippen LogP contribution is 2.27. The van der Waals surface area contributed by atoms with Crippen LogP contribution in [0.2, 0.25) is 0 Å². The van der Waals surface area contributed by atoms with Gasteiger partial charge >= 0.3 is 0 Å². The summed E-state index contributed by atoms with van der Waals surface area (Å²) in [5.41, 5.74) is 2.39. The molecule has 21 heavy (non-hydrogen) atoms. The molecule has 0 radical (unpaired) electrons. The number of carbonyl (C=O) groups excluding carboxylic acids is 1. The Morgan fingerprint density at radius 1 is 1.05 bits per heavy atom. The molecule has 1 nitrogen and oxygen atoms in total. The highest BCUT2D eigenvalue weighted by atomic mass is 19.1. The van der Waals surface area contributed by atoms with Gasteiger partial charge in [0.1, 0.15) is 11.6 Å². The summed E-state index contributed by atoms with van der Waals surface area (Å²) >= 11 is 0. The van der Waals surface area contributed by atoms with Gasteiger partial charge in [-0.05, 0) is 48.9 Å². The molecule has 0 aliphatic heterocycles. The normalized spacial score (nSPS) is 18.2. The van der Waals surface area contributed by atoms with Gasteiger partial charge < -0.3 is 0 Å². The van der Waals surface area contributed by atoms with E-state index in [1.54, 1.807) is 0 Å². The fourth-order valence-corrected chi connectivity index (χ4v) is 3.08. The molecule has 0 amide bonds. The average Bonchev–Trinajstić information content (AvgIpc) is 2.59. The Morgan fingerprint density at radius 2 is 1.76 bits per heavy atom. The quantitative estimate of drug-likeness (QED) is 0.750. The van der Waals surface area contributed by atoms with Gasteiger partial charge in [0.2, 0.25) is 0 Å². The number of fused-ring (bicyclic) bond motifs is 1. The van der Waals surface area contributed by atoms with Crippen LogP contribution in [0.1, 0.15) is 34.3 Å². The van der Waals surface area contributed by atoms with Crippen LogP contribution in [0, 0.1) is 17.6 Å². The maximum atomic E-state index is 13.3. The first-order valence-electron chi connectivity index (χ1n) is 7.20. The fraction of sp³-hybridized carbons (Fsp3) is 0.278. The lowest BCUT2D eigenvalue weighted by molar-refractivity contribution is 0.0915. The highest BCUT2D eigenvalue weighted by Gasteiger charge is 2.25. The molecule has 1 aliphatic rings. The zero-order valence-electron chi connectivity index (χ0n) is 11.6. The summed E-state index contributed by atoms with van der Waals surface area (Å²) in [5.74, 6) is -1.29. The fourth-order valence-electron chi connectivity index (χ4n) is 3.08. The van der Waals surface area contributed by atoms with Crippen molar-refractivity contribution >= 4 is 5.78 Å². The molecule has 2 aromatic carbocycles. The monoisotopic (exact) mass is 286 g/mol. The van der Waals surface area contributed by atoms with Gasteiger partial charge in [-0.25, -0.2) is 8.78 Å². The van der Waals surface area contributed by atoms with E-state index < -0.39 is 11.6 Å². The highest BCUT2D eigenvalue weighted by molar-refractivity contribution is 5.99. The van der Waals surface area contributed by atoms with Crippen LogP contribution < -0.4 is 0 Å². The molecule has 0 fully saturated rings. The smallest absolute Gasteiger partial charge is 0.166 e. The number of hydrogen-bond acceptors (Lipinski definition) is 1. The minimum atomic E-state index is -0.591. The van der Waals surface area contributed by atoms with Crippen LogP contribution in [0.15, 0.2) is 42.5 Å². The van der Waals surface area contributed by atoms with Gasteiger partial charge in [0.25, 0.3) is 0 Å². The van der Waals surface area contributed by atoms with Crippen molar-refractivity contribution in [2.75, 3.05) is 0 Å². The number of hydrogen-bond donors (Lipinski definition) is 0. The van der Waals surface area contributed by atoms with Crippen LogP contribution >= 0.6 is 0 Å². The molecule has 0 bridgehead atoms. The molecular formula is C18H16F2O. The topological polar surface area (TPSA) is 17.1 Å². The average molecular weight is 286 g/mol. The zero-order chi connectivity index (χ0) is 14.8. The molecule has 0 heterocycles. The van der Waals surface area contributed by atoms with E-state index in [1.807, 2.05) is 24.3 Å². The molecule has 1 unspecified atom stereocenters. The molecule has 3 rings (SSSR count). The standard InChI is InChI=1S/C18H16F2O/c19-15-9-12(10-16(20)11-15)8-14-6-3-5-13-4-1-2-7-17(13)18(14)21/h1-2,4,7,9-11,14H,3,5-6,8H2. The first kappa shape index (κ1) is 13.9. The second kappa shape index (κ2) is 5.76. The summed E-state index contributed by atoms with van der Waals surface area (Å²) in [4.78, 5) is 12.6. The van der Waals surface area contributed by atoms with Gasteiger partial charge in [-0.15, -0.1) is 0 Å². The van der Waals surface area contributed by atoms with Crippen molar-refractivity contribution in [2.45, 2.75) is 25.7 Å². The second-order valence-electron chi connectivity index (χ2n) is 5.59. The van der Waals surface area contributed by atoms with Crippen molar-refractivity contribution in [1.82, 2.24) is 0 Å². The van der Waals surface area contributed by atoms with Crippen molar-refractivity contribution in [3.8, 4) is 0 Å². The van der Waals surface area contributed by atoms with E-state index in [9.17, 15) is 13.6 Å². The first-order valence-corrected chi connectivity index (χ1v) is 7.20. The van der Waals surface area contributed by atoms with E-state index in [0.717, 1.165) is 36.5 Å². The second-order valence-corrected chi connectivity index (χ2v) is 5.59. The van der Waals surface area contributed by atoms with E-state index in [0.29, 0.717) is 12.0 Å². The van der Waals surface area contributed by atoms with E-state index in [-0.39, 0.29) is 11.7 Å². The van der Waals surface area contributed by atoms with Crippen LogP contribution in [-0.4, -0.2) is 5.78 Å². The molecule has 1 aliphatic carbocycles. The lowest BCUT2D eigenvalue weighted by Crippen LogP contribution is -2.17. The Morgan fingerprint density at radius 3 is 2.52 bits per heavy atom. The van der Waals surface area contributed by atoms with Crippen molar-refractivity contribution in [3.05, 3.63) is 70.8 Å². The van der Waals surface area contributed by atoms with E-state index in [2.05, 4.69) is 0 Å². The van der Waals surface area contributed by atoms with Gasteiger partial charge in [0, 0.05) is 17.5 Å². The van der Waals surface area contributed by atoms with Crippen LogP contribution in [-0.2, 0) is 12.8 Å². The maximum Gasteiger partial charge on any atom is 0.166 e. The van der Waals surface area contributed by atoms with Crippen LogP contribution in [0.4, 0.5) is 8.78 Å². The SMILES string of the molecule is O=C1c2ccccc2CCCC1Cc1cc(F)cc(F)c1. The summed E-state index contributed by atoms with van der Waals surface area (Å²) in [6.45, 7) is 0. The Hall–Kier alpha value is -2.03. The zero-order valence-corrected chi connectivity index (χ0v) is 11.6. The third kappa shape index (κ3) is 3.02. The predicted octanol–water partition coefficient (Wildman–Crippen LogP) is 4.34. The summed E-state index contributed by atoms with van der Waals surface area (Å²) in [7, 11) is 0. The number of ketones is 1. The van der Waals surface area contributed by atoms with Crippen molar-refractivity contribution in [2.24, 2.45) is 5.92 Å². The number of carbonyl (C=O) groups is 1.